The molecule has 0 aliphatic rings. The van der Waals surface area contributed by atoms with Crippen LogP contribution in [-0.2, 0) is 11.2 Å². The number of aryl methyl sites for hydroxylation is 2. The molecule has 0 heterocycles. The molecular formula is C24H31NO3. The minimum absolute atomic E-state index is 0.153. The van der Waals surface area contributed by atoms with Gasteiger partial charge in [-0.05, 0) is 60.6 Å². The van der Waals surface area contributed by atoms with E-state index in [0.29, 0.717) is 18.3 Å². The Morgan fingerprint density at radius 2 is 1.96 bits per heavy atom. The number of para-hydroxylation sites is 1. The van der Waals surface area contributed by atoms with Gasteiger partial charge in [0, 0.05) is 11.8 Å². The van der Waals surface area contributed by atoms with Gasteiger partial charge >= 0.3 is 0 Å². The number of rotatable bonds is 9. The molecule has 1 N–H and O–H groups in total. The highest BCUT2D eigenvalue weighted by atomic mass is 16.5. The second kappa shape index (κ2) is 10.5. The van der Waals surface area contributed by atoms with Gasteiger partial charge in [0.2, 0.25) is 5.91 Å². The van der Waals surface area contributed by atoms with Crippen LogP contribution in [-0.4, -0.2) is 19.6 Å². The summed E-state index contributed by atoms with van der Waals surface area (Å²) in [6.07, 6.45) is 5.18. The molecule has 2 aromatic carbocycles. The van der Waals surface area contributed by atoms with Crippen LogP contribution in [0.15, 0.2) is 42.5 Å². The van der Waals surface area contributed by atoms with Crippen LogP contribution < -0.4 is 14.8 Å². The maximum absolute atomic E-state index is 12.4. The fourth-order valence-electron chi connectivity index (χ4n) is 2.85. The molecule has 0 radical (unpaired) electrons. The lowest BCUT2D eigenvalue weighted by atomic mass is 10.1. The van der Waals surface area contributed by atoms with E-state index in [-0.39, 0.29) is 5.91 Å². The molecule has 28 heavy (non-hydrogen) atoms. The molecule has 0 aliphatic heterocycles. The number of benzene rings is 2. The van der Waals surface area contributed by atoms with Crippen LogP contribution in [0.4, 0.5) is 5.69 Å². The molecule has 0 fully saturated rings. The quantitative estimate of drug-likeness (QED) is 0.572. The summed E-state index contributed by atoms with van der Waals surface area (Å²) in [7, 11) is 1.62. The van der Waals surface area contributed by atoms with Gasteiger partial charge in [-0.2, -0.15) is 0 Å². The van der Waals surface area contributed by atoms with E-state index >= 15 is 0 Å². The highest BCUT2D eigenvalue weighted by Gasteiger charge is 2.08. The van der Waals surface area contributed by atoms with E-state index in [1.807, 2.05) is 43.3 Å². The van der Waals surface area contributed by atoms with Crippen LogP contribution in [0.3, 0.4) is 0 Å². The summed E-state index contributed by atoms with van der Waals surface area (Å²) >= 11 is 0. The van der Waals surface area contributed by atoms with Crippen molar-refractivity contribution in [3.8, 4) is 11.5 Å². The zero-order chi connectivity index (χ0) is 20.5. The topological polar surface area (TPSA) is 47.6 Å². The van der Waals surface area contributed by atoms with Gasteiger partial charge in [0.05, 0.1) is 13.7 Å². The number of methoxy groups -OCH3 is 1. The molecule has 4 heteroatoms. The average Bonchev–Trinajstić information content (AvgIpc) is 2.68. The van der Waals surface area contributed by atoms with Gasteiger partial charge in [0.25, 0.3) is 0 Å². The third-order valence-electron chi connectivity index (χ3n) is 4.56. The van der Waals surface area contributed by atoms with E-state index in [1.54, 1.807) is 19.3 Å². The Hall–Kier alpha value is -2.75. The summed E-state index contributed by atoms with van der Waals surface area (Å²) < 4.78 is 11.2. The monoisotopic (exact) mass is 381 g/mol. The molecule has 1 amide bonds. The van der Waals surface area contributed by atoms with Crippen molar-refractivity contribution in [2.75, 3.05) is 19.0 Å². The number of carbonyl (C=O) groups excluding carboxylic acids is 1. The normalized spacial score (nSPS) is 11.1. The van der Waals surface area contributed by atoms with Gasteiger partial charge in [-0.25, -0.2) is 0 Å². The molecule has 150 valence electrons. The highest BCUT2D eigenvalue weighted by Crippen LogP contribution is 2.29. The zero-order valence-electron chi connectivity index (χ0n) is 17.5. The lowest BCUT2D eigenvalue weighted by molar-refractivity contribution is -0.111. The molecule has 0 spiro atoms. The molecule has 2 aromatic rings. The van der Waals surface area contributed by atoms with Gasteiger partial charge in [0.15, 0.2) is 11.5 Å². The van der Waals surface area contributed by atoms with Crippen molar-refractivity contribution in [3.05, 3.63) is 59.2 Å². The Morgan fingerprint density at radius 3 is 2.64 bits per heavy atom. The predicted octanol–water partition coefficient (Wildman–Crippen LogP) is 5.64. The Morgan fingerprint density at radius 1 is 1.18 bits per heavy atom. The standard InChI is InChI=1S/C24H31NO3/c1-6-20-9-7-8-18(4)24(20)25-23(26)13-11-19-10-12-21(22(16-19)27-5)28-15-14-17(2)3/h7-13,16-17H,6,14-15H2,1-5H3,(H,25,26). The number of nitrogens with one attached hydrogen (secondary N) is 1. The maximum Gasteiger partial charge on any atom is 0.248 e. The van der Waals surface area contributed by atoms with Crippen LogP contribution in [0.1, 0.15) is 43.9 Å². The second-order valence-corrected chi connectivity index (χ2v) is 7.23. The molecule has 0 bridgehead atoms. The van der Waals surface area contributed by atoms with E-state index in [2.05, 4.69) is 26.1 Å². The number of amides is 1. The van der Waals surface area contributed by atoms with E-state index in [1.165, 1.54) is 0 Å². The summed E-state index contributed by atoms with van der Waals surface area (Å²) in [5, 5.41) is 3.00. The van der Waals surface area contributed by atoms with Crippen LogP contribution in [0.5, 0.6) is 11.5 Å². The van der Waals surface area contributed by atoms with Crippen molar-refractivity contribution in [1.82, 2.24) is 0 Å². The van der Waals surface area contributed by atoms with E-state index in [4.69, 9.17) is 9.47 Å². The molecule has 0 aliphatic carbocycles. The average molecular weight is 382 g/mol. The lowest BCUT2D eigenvalue weighted by Crippen LogP contribution is -2.11. The highest BCUT2D eigenvalue weighted by molar-refractivity contribution is 6.02. The Labute approximate surface area is 168 Å². The van der Waals surface area contributed by atoms with Crippen LogP contribution in [0, 0.1) is 12.8 Å². The van der Waals surface area contributed by atoms with Crippen molar-refractivity contribution in [2.45, 2.75) is 40.5 Å². The molecule has 0 saturated carbocycles. The van der Waals surface area contributed by atoms with Gasteiger partial charge in [-0.1, -0.05) is 45.0 Å². The largest absolute Gasteiger partial charge is 0.493 e. The van der Waals surface area contributed by atoms with Crippen LogP contribution in [0.25, 0.3) is 6.08 Å². The Bertz CT molecular complexity index is 825. The van der Waals surface area contributed by atoms with E-state index in [0.717, 1.165) is 41.0 Å². The van der Waals surface area contributed by atoms with Crippen molar-refractivity contribution >= 4 is 17.7 Å². The first-order valence-corrected chi connectivity index (χ1v) is 9.83. The summed E-state index contributed by atoms with van der Waals surface area (Å²) in [6.45, 7) is 9.07. The number of carbonyl (C=O) groups is 1. The van der Waals surface area contributed by atoms with E-state index in [9.17, 15) is 4.79 Å². The number of ether oxygens (including phenoxy) is 2. The molecule has 0 saturated heterocycles. The fraction of sp³-hybridized carbons (Fsp3) is 0.375. The minimum atomic E-state index is -0.153. The summed E-state index contributed by atoms with van der Waals surface area (Å²) in [6, 6.07) is 11.7. The van der Waals surface area contributed by atoms with Crippen molar-refractivity contribution < 1.29 is 14.3 Å². The predicted molar refractivity (Wildman–Crippen MR) is 116 cm³/mol. The first-order valence-electron chi connectivity index (χ1n) is 9.83. The van der Waals surface area contributed by atoms with Gasteiger partial charge < -0.3 is 14.8 Å². The minimum Gasteiger partial charge on any atom is -0.493 e. The second-order valence-electron chi connectivity index (χ2n) is 7.23. The van der Waals surface area contributed by atoms with E-state index < -0.39 is 0 Å². The van der Waals surface area contributed by atoms with Gasteiger partial charge in [-0.15, -0.1) is 0 Å². The number of hydrogen-bond donors (Lipinski definition) is 1. The lowest BCUT2D eigenvalue weighted by Gasteiger charge is -2.12. The third kappa shape index (κ3) is 6.15. The van der Waals surface area contributed by atoms with Gasteiger partial charge in [-0.3, -0.25) is 4.79 Å². The third-order valence-corrected chi connectivity index (χ3v) is 4.56. The zero-order valence-corrected chi connectivity index (χ0v) is 17.5. The maximum atomic E-state index is 12.4. The van der Waals surface area contributed by atoms with Crippen molar-refractivity contribution in [2.24, 2.45) is 5.92 Å². The molecule has 0 unspecified atom stereocenters. The Balaban J connectivity index is 2.06. The number of anilines is 1. The first-order chi connectivity index (χ1) is 13.4. The fourth-order valence-corrected chi connectivity index (χ4v) is 2.85. The van der Waals surface area contributed by atoms with Gasteiger partial charge in [0.1, 0.15) is 0 Å². The van der Waals surface area contributed by atoms with Crippen LogP contribution in [0.2, 0.25) is 0 Å². The SMILES string of the molecule is CCc1cccc(C)c1NC(=O)C=Cc1ccc(OCCC(C)C)c(OC)c1. The Kier molecular flexibility index (Phi) is 8.12. The van der Waals surface area contributed by atoms with Crippen LogP contribution >= 0.6 is 0 Å². The molecular weight excluding hydrogens is 350 g/mol. The van der Waals surface area contributed by atoms with Crippen molar-refractivity contribution in [3.63, 3.8) is 0 Å². The smallest absolute Gasteiger partial charge is 0.248 e. The molecule has 2 rings (SSSR count). The summed E-state index contributed by atoms with van der Waals surface area (Å²) in [4.78, 5) is 12.4. The number of hydrogen-bond acceptors (Lipinski definition) is 3. The molecule has 4 nitrogen and oxygen atoms in total. The summed E-state index contributed by atoms with van der Waals surface area (Å²) in [5.74, 6) is 1.82. The molecule has 0 atom stereocenters. The molecule has 0 aromatic heterocycles. The first kappa shape index (κ1) is 21.5. The summed E-state index contributed by atoms with van der Waals surface area (Å²) in [5.41, 5.74) is 3.96. The van der Waals surface area contributed by atoms with Crippen molar-refractivity contribution in [1.29, 1.82) is 0 Å².